The van der Waals surface area contributed by atoms with Crippen molar-refractivity contribution >= 4 is 23.4 Å². The van der Waals surface area contributed by atoms with Crippen LogP contribution in [0, 0.1) is 6.92 Å². The molecule has 1 nitrogen and oxygen atoms in total. The Morgan fingerprint density at radius 2 is 1.95 bits per heavy atom. The summed E-state index contributed by atoms with van der Waals surface area (Å²) >= 11 is 8.09. The largest absolute Gasteiger partial charge is 0.310 e. The van der Waals surface area contributed by atoms with Crippen molar-refractivity contribution in [2.75, 3.05) is 0 Å². The highest BCUT2D eigenvalue weighted by atomic mass is 35.5. The molecule has 2 aromatic rings. The quantitative estimate of drug-likeness (QED) is 0.804. The van der Waals surface area contributed by atoms with Crippen LogP contribution in [0.5, 0.6) is 0 Å². The second kappa shape index (κ2) is 7.16. The van der Waals surface area contributed by atoms with E-state index in [0.29, 0.717) is 6.04 Å². The van der Waals surface area contributed by atoms with Gasteiger partial charge in [0.25, 0.3) is 0 Å². The zero-order valence-corrected chi connectivity index (χ0v) is 13.7. The molecule has 106 valence electrons. The van der Waals surface area contributed by atoms with Crippen LogP contribution in [0.3, 0.4) is 0 Å². The Kier molecular flexibility index (Phi) is 5.53. The molecule has 0 bridgehead atoms. The number of rotatable bonds is 5. The predicted octanol–water partition coefficient (Wildman–Crippen LogP) is 5.30. The van der Waals surface area contributed by atoms with E-state index in [9.17, 15) is 0 Å². The van der Waals surface area contributed by atoms with Gasteiger partial charge in [-0.15, -0.1) is 0 Å². The molecule has 0 aromatic heterocycles. The number of halogens is 1. The maximum Gasteiger partial charge on any atom is 0.0548 e. The molecule has 0 spiro atoms. The van der Waals surface area contributed by atoms with E-state index in [0.717, 1.165) is 16.5 Å². The minimum atomic E-state index is 0.482. The lowest BCUT2D eigenvalue weighted by molar-refractivity contribution is 0.589. The van der Waals surface area contributed by atoms with Gasteiger partial charge in [0.2, 0.25) is 0 Å². The van der Waals surface area contributed by atoms with Crippen molar-refractivity contribution in [1.29, 1.82) is 0 Å². The molecule has 0 aliphatic heterocycles. The van der Waals surface area contributed by atoms with E-state index >= 15 is 0 Å². The molecule has 2 aromatic carbocycles. The summed E-state index contributed by atoms with van der Waals surface area (Å²) < 4.78 is 0. The highest BCUT2D eigenvalue weighted by Crippen LogP contribution is 2.34. The first kappa shape index (κ1) is 15.4. The van der Waals surface area contributed by atoms with Crippen molar-refractivity contribution in [3.63, 3.8) is 0 Å². The van der Waals surface area contributed by atoms with Crippen molar-refractivity contribution in [1.82, 2.24) is 5.32 Å². The van der Waals surface area contributed by atoms with Gasteiger partial charge in [0, 0.05) is 22.4 Å². The van der Waals surface area contributed by atoms with Gasteiger partial charge in [-0.3, -0.25) is 0 Å². The minimum Gasteiger partial charge on any atom is -0.310 e. The van der Waals surface area contributed by atoms with E-state index in [4.69, 9.17) is 11.6 Å². The molecule has 0 radical (unpaired) electrons. The average Bonchev–Trinajstić information content (AvgIpc) is 2.39. The molecule has 3 heteroatoms. The predicted molar refractivity (Wildman–Crippen MR) is 88.7 cm³/mol. The smallest absolute Gasteiger partial charge is 0.0548 e. The fourth-order valence-electron chi connectivity index (χ4n) is 1.86. The number of benzene rings is 2. The van der Waals surface area contributed by atoms with Gasteiger partial charge in [-0.05, 0) is 36.8 Å². The second-order valence-corrected chi connectivity index (χ2v) is 6.74. The van der Waals surface area contributed by atoms with Gasteiger partial charge in [0.15, 0.2) is 0 Å². The van der Waals surface area contributed by atoms with Gasteiger partial charge < -0.3 is 5.32 Å². The van der Waals surface area contributed by atoms with Crippen LogP contribution in [0.1, 0.15) is 25.0 Å². The van der Waals surface area contributed by atoms with Crippen LogP contribution in [-0.4, -0.2) is 6.04 Å². The molecular formula is C17H20ClNS. The fraction of sp³-hybridized carbons (Fsp3) is 0.294. The van der Waals surface area contributed by atoms with E-state index in [-0.39, 0.29) is 0 Å². The molecule has 0 unspecified atom stereocenters. The van der Waals surface area contributed by atoms with E-state index in [1.54, 1.807) is 11.8 Å². The lowest BCUT2D eigenvalue weighted by Crippen LogP contribution is -2.21. The summed E-state index contributed by atoms with van der Waals surface area (Å²) in [7, 11) is 0. The van der Waals surface area contributed by atoms with Gasteiger partial charge in [0.05, 0.1) is 5.02 Å². The third-order valence-electron chi connectivity index (χ3n) is 2.93. The normalized spacial score (nSPS) is 11.1. The Labute approximate surface area is 130 Å². The van der Waals surface area contributed by atoms with E-state index in [1.165, 1.54) is 16.0 Å². The molecule has 20 heavy (non-hydrogen) atoms. The molecule has 0 saturated heterocycles. The molecule has 0 amide bonds. The van der Waals surface area contributed by atoms with Gasteiger partial charge in [-0.2, -0.15) is 0 Å². The van der Waals surface area contributed by atoms with E-state index in [1.807, 2.05) is 0 Å². The monoisotopic (exact) mass is 305 g/mol. The average molecular weight is 306 g/mol. The first-order valence-corrected chi connectivity index (χ1v) is 8.00. The molecule has 0 aliphatic carbocycles. The van der Waals surface area contributed by atoms with Crippen LogP contribution < -0.4 is 5.32 Å². The molecule has 1 N–H and O–H groups in total. The summed E-state index contributed by atoms with van der Waals surface area (Å²) in [5.74, 6) is 0. The van der Waals surface area contributed by atoms with Crippen molar-refractivity contribution in [2.24, 2.45) is 0 Å². The summed E-state index contributed by atoms with van der Waals surface area (Å²) in [4.78, 5) is 2.32. The summed E-state index contributed by atoms with van der Waals surface area (Å²) in [6, 6.07) is 15.2. The van der Waals surface area contributed by atoms with Crippen LogP contribution in [0.15, 0.2) is 52.3 Å². The summed E-state index contributed by atoms with van der Waals surface area (Å²) in [6.07, 6.45) is 0. The molecule has 0 fully saturated rings. The van der Waals surface area contributed by atoms with Crippen LogP contribution in [-0.2, 0) is 6.54 Å². The van der Waals surface area contributed by atoms with Crippen LogP contribution in [0.4, 0.5) is 0 Å². The van der Waals surface area contributed by atoms with Crippen molar-refractivity contribution in [2.45, 2.75) is 43.1 Å². The van der Waals surface area contributed by atoms with Crippen LogP contribution >= 0.6 is 23.4 Å². The number of nitrogens with one attached hydrogen (secondary N) is 1. The lowest BCUT2D eigenvalue weighted by Gasteiger charge is -2.10. The van der Waals surface area contributed by atoms with E-state index < -0.39 is 0 Å². The molecule has 0 atom stereocenters. The number of aryl methyl sites for hydroxylation is 1. The maximum atomic E-state index is 6.39. The summed E-state index contributed by atoms with van der Waals surface area (Å²) in [6.45, 7) is 7.24. The Bertz CT molecular complexity index is 581. The van der Waals surface area contributed by atoms with Crippen molar-refractivity contribution in [3.8, 4) is 0 Å². The zero-order valence-electron chi connectivity index (χ0n) is 12.1. The van der Waals surface area contributed by atoms with Crippen LogP contribution in [0.25, 0.3) is 0 Å². The fourth-order valence-corrected chi connectivity index (χ4v) is 3.12. The van der Waals surface area contributed by atoms with Gasteiger partial charge in [-0.25, -0.2) is 0 Å². The SMILES string of the molecule is Cc1cccc(Sc2ccc(CNC(C)C)cc2Cl)c1. The Morgan fingerprint density at radius 1 is 1.15 bits per heavy atom. The highest BCUT2D eigenvalue weighted by molar-refractivity contribution is 7.99. The molecular weight excluding hydrogens is 286 g/mol. The highest BCUT2D eigenvalue weighted by Gasteiger charge is 2.05. The molecule has 0 aliphatic rings. The summed E-state index contributed by atoms with van der Waals surface area (Å²) in [5, 5.41) is 4.22. The Morgan fingerprint density at radius 3 is 2.60 bits per heavy atom. The zero-order chi connectivity index (χ0) is 14.5. The maximum absolute atomic E-state index is 6.39. The Balaban J connectivity index is 2.09. The second-order valence-electron chi connectivity index (χ2n) is 5.22. The third kappa shape index (κ3) is 4.55. The summed E-state index contributed by atoms with van der Waals surface area (Å²) in [5.41, 5.74) is 2.49. The lowest BCUT2D eigenvalue weighted by atomic mass is 10.2. The standard InChI is InChI=1S/C17H20ClNS/c1-12(2)19-11-14-7-8-17(16(18)10-14)20-15-6-4-5-13(3)9-15/h4-10,12,19H,11H2,1-3H3. The van der Waals surface area contributed by atoms with Crippen LogP contribution in [0.2, 0.25) is 5.02 Å². The third-order valence-corrected chi connectivity index (χ3v) is 4.42. The molecule has 0 heterocycles. The first-order valence-electron chi connectivity index (χ1n) is 6.81. The van der Waals surface area contributed by atoms with Crippen molar-refractivity contribution in [3.05, 3.63) is 58.6 Å². The van der Waals surface area contributed by atoms with Gasteiger partial charge in [0.1, 0.15) is 0 Å². The van der Waals surface area contributed by atoms with Gasteiger partial charge in [-0.1, -0.05) is 61.0 Å². The number of hydrogen-bond acceptors (Lipinski definition) is 2. The Hall–Kier alpha value is -0.960. The number of hydrogen-bond donors (Lipinski definition) is 1. The molecule has 2 rings (SSSR count). The van der Waals surface area contributed by atoms with Crippen molar-refractivity contribution < 1.29 is 0 Å². The van der Waals surface area contributed by atoms with E-state index in [2.05, 4.69) is 68.6 Å². The first-order chi connectivity index (χ1) is 9.54. The minimum absolute atomic E-state index is 0.482. The topological polar surface area (TPSA) is 12.0 Å². The van der Waals surface area contributed by atoms with Gasteiger partial charge >= 0.3 is 0 Å². The molecule has 0 saturated carbocycles.